The van der Waals surface area contributed by atoms with Crippen LogP contribution in [0.25, 0.3) is 21.8 Å². The topological polar surface area (TPSA) is 34.2 Å². The monoisotopic (exact) mass is 365 g/mol. The van der Waals surface area contributed by atoms with E-state index in [9.17, 15) is 0 Å². The Hall–Kier alpha value is -3.72. The van der Waals surface area contributed by atoms with Gasteiger partial charge in [0.05, 0.1) is 11.0 Å². The Balaban J connectivity index is 1.42. The molecule has 1 heterocycles. The summed E-state index contributed by atoms with van der Waals surface area (Å²) in [5.41, 5.74) is 3.25. The van der Waals surface area contributed by atoms with Crippen molar-refractivity contribution in [2.75, 3.05) is 0 Å². The van der Waals surface area contributed by atoms with Gasteiger partial charge in [-0.3, -0.25) is 0 Å². The first-order valence-electron chi connectivity index (χ1n) is 9.30. The van der Waals surface area contributed by atoms with Crippen LogP contribution < -0.4 is 9.47 Å². The summed E-state index contributed by atoms with van der Waals surface area (Å²) in [6.07, 6.45) is 0. The van der Waals surface area contributed by atoms with Gasteiger partial charge in [-0.2, -0.15) is 0 Å². The Labute approximate surface area is 163 Å². The molecule has 0 saturated heterocycles. The zero-order chi connectivity index (χ0) is 18.8. The first-order chi connectivity index (χ1) is 13.8. The van der Waals surface area contributed by atoms with Crippen LogP contribution in [0.5, 0.6) is 17.2 Å². The molecule has 0 saturated carbocycles. The van der Waals surface area contributed by atoms with Gasteiger partial charge in [0.1, 0.15) is 23.9 Å². The summed E-state index contributed by atoms with van der Waals surface area (Å²) >= 11 is 0. The molecule has 0 radical (unpaired) electrons. The lowest BCUT2D eigenvalue weighted by Gasteiger charge is -2.06. The average Bonchev–Trinajstić information content (AvgIpc) is 3.10. The van der Waals surface area contributed by atoms with E-state index in [0.29, 0.717) is 6.61 Å². The molecule has 0 aliphatic heterocycles. The molecule has 0 bridgehead atoms. The SMILES string of the molecule is c1ccc(COc2ccc3c(c2)[nH]c2cc(Oc4ccccc4)ccc23)cc1. The maximum absolute atomic E-state index is 5.95. The third-order valence-corrected chi connectivity index (χ3v) is 4.77. The summed E-state index contributed by atoms with van der Waals surface area (Å²) in [7, 11) is 0. The van der Waals surface area contributed by atoms with E-state index in [1.54, 1.807) is 0 Å². The van der Waals surface area contributed by atoms with Crippen molar-refractivity contribution in [1.82, 2.24) is 4.98 Å². The van der Waals surface area contributed by atoms with Crippen molar-refractivity contribution >= 4 is 21.8 Å². The molecule has 5 rings (SSSR count). The Morgan fingerprint density at radius 2 is 1.18 bits per heavy atom. The highest BCUT2D eigenvalue weighted by atomic mass is 16.5. The molecule has 3 nitrogen and oxygen atoms in total. The average molecular weight is 365 g/mol. The maximum Gasteiger partial charge on any atom is 0.129 e. The first kappa shape index (κ1) is 16.5. The van der Waals surface area contributed by atoms with Gasteiger partial charge in [-0.15, -0.1) is 0 Å². The summed E-state index contributed by atoms with van der Waals surface area (Å²) in [5, 5.41) is 2.35. The van der Waals surface area contributed by atoms with Gasteiger partial charge in [0.15, 0.2) is 0 Å². The van der Waals surface area contributed by atoms with Gasteiger partial charge in [0, 0.05) is 22.9 Å². The standard InChI is InChI=1S/C25H19NO2/c1-3-7-18(8-4-1)17-27-20-11-13-22-23-14-12-21(16-25(23)26-24(22)15-20)28-19-9-5-2-6-10-19/h1-16,26H,17H2. The lowest BCUT2D eigenvalue weighted by Crippen LogP contribution is -1.94. The van der Waals surface area contributed by atoms with Crippen molar-refractivity contribution in [2.45, 2.75) is 6.61 Å². The summed E-state index contributed by atoms with van der Waals surface area (Å²) in [5.74, 6) is 2.49. The quantitative estimate of drug-likeness (QED) is 0.376. The Bertz CT molecular complexity index is 1230. The van der Waals surface area contributed by atoms with Crippen LogP contribution in [-0.2, 0) is 6.61 Å². The predicted octanol–water partition coefficient (Wildman–Crippen LogP) is 6.69. The molecule has 1 aromatic heterocycles. The van der Waals surface area contributed by atoms with Crippen molar-refractivity contribution in [1.29, 1.82) is 0 Å². The minimum absolute atomic E-state index is 0.557. The zero-order valence-corrected chi connectivity index (χ0v) is 15.3. The second kappa shape index (κ2) is 7.12. The molecule has 5 aromatic rings. The molecule has 3 heteroatoms. The summed E-state index contributed by atoms with van der Waals surface area (Å²) < 4.78 is 11.9. The van der Waals surface area contributed by atoms with E-state index >= 15 is 0 Å². The molecule has 0 fully saturated rings. The van der Waals surface area contributed by atoms with Gasteiger partial charge < -0.3 is 14.5 Å². The van der Waals surface area contributed by atoms with Gasteiger partial charge in [-0.25, -0.2) is 0 Å². The zero-order valence-electron chi connectivity index (χ0n) is 15.3. The van der Waals surface area contributed by atoms with Crippen LogP contribution in [0, 0.1) is 0 Å². The highest BCUT2D eigenvalue weighted by molar-refractivity contribution is 6.07. The number of H-pyrrole nitrogens is 1. The third kappa shape index (κ3) is 3.30. The van der Waals surface area contributed by atoms with E-state index in [1.165, 1.54) is 10.8 Å². The largest absolute Gasteiger partial charge is 0.489 e. The number of para-hydroxylation sites is 1. The molecule has 0 spiro atoms. The fourth-order valence-electron chi connectivity index (χ4n) is 3.39. The molecule has 1 N–H and O–H groups in total. The van der Waals surface area contributed by atoms with Gasteiger partial charge >= 0.3 is 0 Å². The van der Waals surface area contributed by atoms with E-state index in [0.717, 1.165) is 33.8 Å². The fourth-order valence-corrected chi connectivity index (χ4v) is 3.39. The molecule has 4 aromatic carbocycles. The number of rotatable bonds is 5. The van der Waals surface area contributed by atoms with Crippen molar-refractivity contribution in [2.24, 2.45) is 0 Å². The van der Waals surface area contributed by atoms with E-state index < -0.39 is 0 Å². The lowest BCUT2D eigenvalue weighted by molar-refractivity contribution is 0.306. The molecular formula is C25H19NO2. The highest BCUT2D eigenvalue weighted by Crippen LogP contribution is 2.32. The van der Waals surface area contributed by atoms with E-state index in [4.69, 9.17) is 9.47 Å². The van der Waals surface area contributed by atoms with Crippen LogP contribution >= 0.6 is 0 Å². The number of hydrogen-bond donors (Lipinski definition) is 1. The van der Waals surface area contributed by atoms with Crippen LogP contribution in [0.2, 0.25) is 0 Å². The number of hydrogen-bond acceptors (Lipinski definition) is 2. The van der Waals surface area contributed by atoms with Crippen LogP contribution in [0.1, 0.15) is 5.56 Å². The molecule has 0 atom stereocenters. The van der Waals surface area contributed by atoms with Crippen LogP contribution in [0.4, 0.5) is 0 Å². The predicted molar refractivity (Wildman–Crippen MR) is 113 cm³/mol. The van der Waals surface area contributed by atoms with E-state index in [2.05, 4.69) is 35.3 Å². The van der Waals surface area contributed by atoms with E-state index in [1.807, 2.05) is 66.7 Å². The summed E-state index contributed by atoms with van der Waals surface area (Å²) in [4.78, 5) is 3.48. The second-order valence-corrected chi connectivity index (χ2v) is 6.73. The smallest absolute Gasteiger partial charge is 0.129 e. The van der Waals surface area contributed by atoms with Gasteiger partial charge in [0.2, 0.25) is 0 Å². The maximum atomic E-state index is 5.95. The summed E-state index contributed by atoms with van der Waals surface area (Å²) in [6.45, 7) is 0.557. The Morgan fingerprint density at radius 3 is 1.89 bits per heavy atom. The number of aromatic nitrogens is 1. The normalized spacial score (nSPS) is 11.0. The minimum atomic E-state index is 0.557. The highest BCUT2D eigenvalue weighted by Gasteiger charge is 2.08. The molecule has 0 amide bonds. The number of aromatic amines is 1. The lowest BCUT2D eigenvalue weighted by atomic mass is 10.1. The van der Waals surface area contributed by atoms with Crippen molar-refractivity contribution in [3.05, 3.63) is 103 Å². The fraction of sp³-hybridized carbons (Fsp3) is 0.0400. The molecule has 28 heavy (non-hydrogen) atoms. The van der Waals surface area contributed by atoms with Gasteiger partial charge in [-0.05, 0) is 42.0 Å². The molecule has 0 unspecified atom stereocenters. The Morgan fingerprint density at radius 1 is 0.571 bits per heavy atom. The molecular weight excluding hydrogens is 346 g/mol. The minimum Gasteiger partial charge on any atom is -0.489 e. The number of fused-ring (bicyclic) bond motifs is 3. The number of benzene rings is 4. The third-order valence-electron chi connectivity index (χ3n) is 4.77. The van der Waals surface area contributed by atoms with Gasteiger partial charge in [-0.1, -0.05) is 48.5 Å². The van der Waals surface area contributed by atoms with Crippen molar-refractivity contribution < 1.29 is 9.47 Å². The van der Waals surface area contributed by atoms with Crippen LogP contribution in [0.3, 0.4) is 0 Å². The molecule has 0 aliphatic rings. The van der Waals surface area contributed by atoms with Crippen LogP contribution in [-0.4, -0.2) is 4.98 Å². The van der Waals surface area contributed by atoms with Crippen molar-refractivity contribution in [3.63, 3.8) is 0 Å². The second-order valence-electron chi connectivity index (χ2n) is 6.73. The van der Waals surface area contributed by atoms with Crippen LogP contribution in [0.15, 0.2) is 97.1 Å². The Kier molecular flexibility index (Phi) is 4.19. The van der Waals surface area contributed by atoms with Crippen molar-refractivity contribution in [3.8, 4) is 17.2 Å². The van der Waals surface area contributed by atoms with Gasteiger partial charge in [0.25, 0.3) is 0 Å². The number of ether oxygens (including phenoxy) is 2. The van der Waals surface area contributed by atoms with E-state index in [-0.39, 0.29) is 0 Å². The molecule has 136 valence electrons. The first-order valence-corrected chi connectivity index (χ1v) is 9.30. The molecule has 0 aliphatic carbocycles. The number of nitrogens with one attached hydrogen (secondary N) is 1. The summed E-state index contributed by atoms with van der Waals surface area (Å²) in [6, 6.07) is 32.3.